The number of nitrogens with zero attached hydrogens (tertiary/aromatic N) is 2. The number of non-ortho nitro benzene ring substituents is 1. The van der Waals surface area contributed by atoms with E-state index in [9.17, 15) is 28.1 Å². The van der Waals surface area contributed by atoms with Gasteiger partial charge >= 0.3 is 12.3 Å². The first-order valence-corrected chi connectivity index (χ1v) is 7.36. The van der Waals surface area contributed by atoms with E-state index in [1.54, 1.807) is 20.8 Å². The number of benzene rings is 1. The summed E-state index contributed by atoms with van der Waals surface area (Å²) in [7, 11) is 0. The standard InChI is InChI=1S/C15H17F3N2O5/c1-14(2,3)25-13(21)19-7-12(8-19)24-11-5-9(15(16,17)18)4-10(6-11)20(22)23/h4-6,12H,7-8H2,1-3H3. The van der Waals surface area contributed by atoms with Gasteiger partial charge in [-0.25, -0.2) is 4.79 Å². The molecule has 1 aromatic rings. The van der Waals surface area contributed by atoms with E-state index in [4.69, 9.17) is 9.47 Å². The number of alkyl halides is 3. The molecule has 0 spiro atoms. The molecule has 1 heterocycles. The lowest BCUT2D eigenvalue weighted by molar-refractivity contribution is -0.385. The molecule has 1 aliphatic rings. The van der Waals surface area contributed by atoms with Crippen LogP contribution in [0.1, 0.15) is 26.3 Å². The lowest BCUT2D eigenvalue weighted by Gasteiger charge is -2.39. The lowest BCUT2D eigenvalue weighted by Crippen LogP contribution is -2.57. The van der Waals surface area contributed by atoms with E-state index in [-0.39, 0.29) is 18.8 Å². The summed E-state index contributed by atoms with van der Waals surface area (Å²) in [5.41, 5.74) is -2.54. The van der Waals surface area contributed by atoms with E-state index in [1.807, 2.05) is 0 Å². The molecule has 7 nitrogen and oxygen atoms in total. The number of ether oxygens (including phenoxy) is 2. The van der Waals surface area contributed by atoms with Crippen molar-refractivity contribution < 1.29 is 32.4 Å². The zero-order chi connectivity index (χ0) is 19.0. The highest BCUT2D eigenvalue weighted by atomic mass is 19.4. The summed E-state index contributed by atoms with van der Waals surface area (Å²) in [6, 6.07) is 2.06. The van der Waals surface area contributed by atoms with Gasteiger partial charge in [0.1, 0.15) is 17.5 Å². The highest BCUT2D eigenvalue weighted by Crippen LogP contribution is 2.35. The number of rotatable bonds is 3. The topological polar surface area (TPSA) is 81.9 Å². The predicted octanol–water partition coefficient (Wildman–Crippen LogP) is 3.61. The van der Waals surface area contributed by atoms with Crippen LogP contribution in [0.2, 0.25) is 0 Å². The largest absolute Gasteiger partial charge is 0.486 e. The number of hydrogen-bond donors (Lipinski definition) is 0. The molecule has 1 amide bonds. The van der Waals surface area contributed by atoms with Crippen molar-refractivity contribution in [3.05, 3.63) is 33.9 Å². The molecule has 1 fully saturated rings. The molecule has 0 aromatic heterocycles. The molecule has 0 unspecified atom stereocenters. The SMILES string of the molecule is CC(C)(C)OC(=O)N1CC(Oc2cc([N+](=O)[O-])cc(C(F)(F)F)c2)C1. The van der Waals surface area contributed by atoms with E-state index in [0.29, 0.717) is 12.1 Å². The summed E-state index contributed by atoms with van der Waals surface area (Å²) in [6.45, 7) is 5.37. The van der Waals surface area contributed by atoms with Crippen molar-refractivity contribution >= 4 is 11.8 Å². The highest BCUT2D eigenvalue weighted by molar-refractivity contribution is 5.69. The maximum atomic E-state index is 12.8. The number of carbonyl (C=O) groups excluding carboxylic acids is 1. The average molecular weight is 362 g/mol. The summed E-state index contributed by atoms with van der Waals surface area (Å²) >= 11 is 0. The third-order valence-corrected chi connectivity index (χ3v) is 3.23. The summed E-state index contributed by atoms with van der Waals surface area (Å²) in [5.74, 6) is -0.268. The molecule has 1 saturated heterocycles. The van der Waals surface area contributed by atoms with Crippen molar-refractivity contribution in [1.82, 2.24) is 4.90 Å². The predicted molar refractivity (Wildman–Crippen MR) is 80.3 cm³/mol. The Bertz CT molecular complexity index is 679. The van der Waals surface area contributed by atoms with Crippen molar-refractivity contribution in [2.45, 2.75) is 38.7 Å². The maximum Gasteiger partial charge on any atom is 0.416 e. The molecule has 0 aliphatic carbocycles. The fraction of sp³-hybridized carbons (Fsp3) is 0.533. The van der Waals surface area contributed by atoms with Gasteiger partial charge < -0.3 is 14.4 Å². The minimum Gasteiger partial charge on any atom is -0.486 e. The molecule has 25 heavy (non-hydrogen) atoms. The number of likely N-dealkylation sites (tertiary alicyclic amines) is 1. The van der Waals surface area contributed by atoms with Gasteiger partial charge in [-0.2, -0.15) is 13.2 Å². The molecule has 1 aliphatic heterocycles. The Balaban J connectivity index is 2.04. The van der Waals surface area contributed by atoms with Crippen LogP contribution in [0.5, 0.6) is 5.75 Å². The molecule has 0 radical (unpaired) electrons. The minimum absolute atomic E-state index is 0.124. The van der Waals surface area contributed by atoms with Gasteiger partial charge in [0.05, 0.1) is 29.6 Å². The third-order valence-electron chi connectivity index (χ3n) is 3.23. The van der Waals surface area contributed by atoms with Gasteiger partial charge in [0.15, 0.2) is 0 Å². The van der Waals surface area contributed by atoms with Gasteiger partial charge in [-0.1, -0.05) is 0 Å². The van der Waals surface area contributed by atoms with Gasteiger partial charge in [-0.05, 0) is 26.8 Å². The molecule has 1 aromatic carbocycles. The van der Waals surface area contributed by atoms with Gasteiger partial charge in [0, 0.05) is 6.07 Å². The number of hydrogen-bond acceptors (Lipinski definition) is 5. The van der Waals surface area contributed by atoms with Crippen molar-refractivity contribution in [3.8, 4) is 5.75 Å². The average Bonchev–Trinajstić information content (AvgIpc) is 2.38. The van der Waals surface area contributed by atoms with Crippen LogP contribution in [0, 0.1) is 10.1 Å². The van der Waals surface area contributed by atoms with E-state index < -0.39 is 40.1 Å². The van der Waals surface area contributed by atoms with Crippen LogP contribution < -0.4 is 4.74 Å². The van der Waals surface area contributed by atoms with E-state index in [0.717, 1.165) is 6.07 Å². The number of halogens is 3. The fourth-order valence-corrected chi connectivity index (χ4v) is 2.10. The molecule has 10 heteroatoms. The van der Waals surface area contributed by atoms with E-state index in [1.165, 1.54) is 4.90 Å². The first kappa shape index (κ1) is 18.8. The normalized spacial score (nSPS) is 15.5. The molecule has 0 saturated carbocycles. The van der Waals surface area contributed by atoms with Crippen molar-refractivity contribution in [3.63, 3.8) is 0 Å². The van der Waals surface area contributed by atoms with Crippen LogP contribution in [0.25, 0.3) is 0 Å². The number of nitro groups is 1. The maximum absolute atomic E-state index is 12.8. The Labute approximate surface area is 141 Å². The summed E-state index contributed by atoms with van der Waals surface area (Å²) < 4.78 is 48.9. The Morgan fingerprint density at radius 2 is 1.84 bits per heavy atom. The zero-order valence-corrected chi connectivity index (χ0v) is 13.8. The first-order chi connectivity index (χ1) is 11.3. The van der Waals surface area contributed by atoms with Crippen LogP contribution in [0.15, 0.2) is 18.2 Å². The van der Waals surface area contributed by atoms with Gasteiger partial charge in [0.2, 0.25) is 0 Å². The number of amides is 1. The lowest BCUT2D eigenvalue weighted by atomic mass is 10.1. The van der Waals surface area contributed by atoms with Gasteiger partial charge in [0.25, 0.3) is 5.69 Å². The Morgan fingerprint density at radius 3 is 2.32 bits per heavy atom. The van der Waals surface area contributed by atoms with E-state index >= 15 is 0 Å². The Kier molecular flexibility index (Phi) is 4.83. The summed E-state index contributed by atoms with van der Waals surface area (Å²) in [5, 5.41) is 10.8. The summed E-state index contributed by atoms with van der Waals surface area (Å²) in [4.78, 5) is 23.0. The second-order valence-corrected chi connectivity index (χ2v) is 6.60. The van der Waals surface area contributed by atoms with Crippen LogP contribution in [-0.2, 0) is 10.9 Å². The number of nitro benzene ring substituents is 1. The molecule has 138 valence electrons. The van der Waals surface area contributed by atoms with Crippen LogP contribution >= 0.6 is 0 Å². The molecule has 0 N–H and O–H groups in total. The molecule has 0 bridgehead atoms. The highest BCUT2D eigenvalue weighted by Gasteiger charge is 2.37. The van der Waals surface area contributed by atoms with E-state index in [2.05, 4.69) is 0 Å². The van der Waals surface area contributed by atoms with Gasteiger partial charge in [-0.3, -0.25) is 10.1 Å². The Hall–Kier alpha value is -2.52. The Morgan fingerprint density at radius 1 is 1.24 bits per heavy atom. The van der Waals surface area contributed by atoms with Crippen molar-refractivity contribution in [1.29, 1.82) is 0 Å². The smallest absolute Gasteiger partial charge is 0.416 e. The fourth-order valence-electron chi connectivity index (χ4n) is 2.10. The van der Waals surface area contributed by atoms with Crippen molar-refractivity contribution in [2.24, 2.45) is 0 Å². The van der Waals surface area contributed by atoms with Crippen LogP contribution in [-0.4, -0.2) is 40.7 Å². The van der Waals surface area contributed by atoms with Crippen molar-refractivity contribution in [2.75, 3.05) is 13.1 Å². The minimum atomic E-state index is -4.73. The molecular formula is C15H17F3N2O5. The molecule has 0 atom stereocenters. The first-order valence-electron chi connectivity index (χ1n) is 7.36. The van der Waals surface area contributed by atoms with Crippen LogP contribution in [0.3, 0.4) is 0 Å². The second kappa shape index (κ2) is 6.41. The zero-order valence-electron chi connectivity index (χ0n) is 13.8. The second-order valence-electron chi connectivity index (χ2n) is 6.60. The van der Waals surface area contributed by atoms with Gasteiger partial charge in [-0.15, -0.1) is 0 Å². The number of carbonyl (C=O) groups is 1. The summed E-state index contributed by atoms with van der Waals surface area (Å²) in [6.07, 6.45) is -5.84. The van der Waals surface area contributed by atoms with Crippen LogP contribution in [0.4, 0.5) is 23.7 Å². The molecular weight excluding hydrogens is 345 g/mol. The quantitative estimate of drug-likeness (QED) is 0.606. The third kappa shape index (κ3) is 4.97. The molecule has 2 rings (SSSR count). The monoisotopic (exact) mass is 362 g/mol.